The van der Waals surface area contributed by atoms with Crippen LogP contribution in [0.2, 0.25) is 0 Å². The van der Waals surface area contributed by atoms with Gasteiger partial charge in [-0.25, -0.2) is 8.78 Å². The fraction of sp³-hybridized carbons (Fsp3) is 1.00. The van der Waals surface area contributed by atoms with E-state index in [1.165, 1.54) is 0 Å². The van der Waals surface area contributed by atoms with Crippen molar-refractivity contribution in [2.75, 3.05) is 19.8 Å². The third-order valence-corrected chi connectivity index (χ3v) is 1.13. The number of aliphatic hydroxyl groups is 2. The summed E-state index contributed by atoms with van der Waals surface area (Å²) in [6.45, 7) is -2.74. The predicted molar refractivity (Wildman–Crippen MR) is 34.9 cm³/mol. The molecule has 0 amide bonds. The van der Waals surface area contributed by atoms with E-state index in [1.54, 1.807) is 0 Å². The molecule has 0 unspecified atom stereocenters. The van der Waals surface area contributed by atoms with Crippen LogP contribution in [0.5, 0.6) is 0 Å². The van der Waals surface area contributed by atoms with Gasteiger partial charge in [0.15, 0.2) is 0 Å². The van der Waals surface area contributed by atoms with Crippen molar-refractivity contribution in [2.45, 2.75) is 18.5 Å². The van der Waals surface area contributed by atoms with Crippen LogP contribution in [0.1, 0.15) is 0 Å². The fourth-order valence-corrected chi connectivity index (χ4v) is 0.447. The highest BCUT2D eigenvalue weighted by atomic mass is 19.3. The molecule has 1 atom stereocenters. The average Bonchev–Trinajstić information content (AvgIpc) is 2.03. The Kier molecular flexibility index (Phi) is 5.19. The molecule has 7 heteroatoms. The standard InChI is InChI=1S/C6H10F4O3/c7-5(8)6(9,10)3-13-2-4(12)1-11/h4-5,11-12H,1-3H2/t4-/m0/s1. The topological polar surface area (TPSA) is 49.7 Å². The number of ether oxygens (including phenoxy) is 1. The van der Waals surface area contributed by atoms with Crippen molar-refractivity contribution in [2.24, 2.45) is 0 Å². The van der Waals surface area contributed by atoms with E-state index >= 15 is 0 Å². The van der Waals surface area contributed by atoms with Crippen LogP contribution >= 0.6 is 0 Å². The lowest BCUT2D eigenvalue weighted by molar-refractivity contribution is -0.171. The molecule has 0 radical (unpaired) electrons. The number of halogens is 4. The van der Waals surface area contributed by atoms with Crippen LogP contribution in [0.4, 0.5) is 17.6 Å². The van der Waals surface area contributed by atoms with Gasteiger partial charge in [0.2, 0.25) is 0 Å². The van der Waals surface area contributed by atoms with Crippen LogP contribution in [0.3, 0.4) is 0 Å². The summed E-state index contributed by atoms with van der Waals surface area (Å²) in [5.41, 5.74) is 0. The molecule has 2 N–H and O–H groups in total. The van der Waals surface area contributed by atoms with Gasteiger partial charge in [-0.15, -0.1) is 0 Å². The Morgan fingerprint density at radius 1 is 1.31 bits per heavy atom. The van der Waals surface area contributed by atoms with E-state index in [0.29, 0.717) is 0 Å². The van der Waals surface area contributed by atoms with Crippen molar-refractivity contribution in [3.8, 4) is 0 Å². The molecule has 0 aromatic heterocycles. The number of hydrogen-bond donors (Lipinski definition) is 2. The van der Waals surface area contributed by atoms with Crippen LogP contribution in [0.15, 0.2) is 0 Å². The summed E-state index contributed by atoms with van der Waals surface area (Å²) in [4.78, 5) is 0. The molecule has 0 aromatic carbocycles. The van der Waals surface area contributed by atoms with Gasteiger partial charge in [-0.2, -0.15) is 8.78 Å². The Morgan fingerprint density at radius 2 is 1.85 bits per heavy atom. The van der Waals surface area contributed by atoms with Gasteiger partial charge in [0.05, 0.1) is 13.2 Å². The maximum atomic E-state index is 12.1. The van der Waals surface area contributed by atoms with Crippen LogP contribution < -0.4 is 0 Å². The van der Waals surface area contributed by atoms with Gasteiger partial charge >= 0.3 is 12.3 Å². The molecule has 0 aliphatic rings. The third kappa shape index (κ3) is 5.02. The van der Waals surface area contributed by atoms with E-state index in [1.807, 2.05) is 0 Å². The van der Waals surface area contributed by atoms with Crippen molar-refractivity contribution in [1.29, 1.82) is 0 Å². The maximum absolute atomic E-state index is 12.1. The van der Waals surface area contributed by atoms with Crippen LogP contribution in [0, 0.1) is 0 Å². The summed E-state index contributed by atoms with van der Waals surface area (Å²) in [6.07, 6.45) is -5.12. The largest absolute Gasteiger partial charge is 0.394 e. The molecule has 0 bridgehead atoms. The lowest BCUT2D eigenvalue weighted by Crippen LogP contribution is -2.34. The summed E-state index contributed by atoms with van der Waals surface area (Å²) in [6, 6.07) is 0. The second-order valence-electron chi connectivity index (χ2n) is 2.41. The van der Waals surface area contributed by atoms with Gasteiger partial charge in [0.25, 0.3) is 0 Å². The number of hydrogen-bond acceptors (Lipinski definition) is 3. The molecule has 80 valence electrons. The van der Waals surface area contributed by atoms with Crippen LogP contribution in [0.25, 0.3) is 0 Å². The zero-order chi connectivity index (χ0) is 10.5. The minimum atomic E-state index is -4.21. The van der Waals surface area contributed by atoms with Gasteiger partial charge in [0.1, 0.15) is 12.7 Å². The molecule has 0 saturated carbocycles. The molecule has 0 saturated heterocycles. The van der Waals surface area contributed by atoms with E-state index in [4.69, 9.17) is 10.2 Å². The van der Waals surface area contributed by atoms with Crippen LogP contribution in [-0.2, 0) is 4.74 Å². The zero-order valence-corrected chi connectivity index (χ0v) is 6.59. The molecule has 0 heterocycles. The molecule has 0 aliphatic heterocycles. The first kappa shape index (κ1) is 12.6. The van der Waals surface area contributed by atoms with E-state index in [9.17, 15) is 17.6 Å². The molecule has 0 aromatic rings. The smallest absolute Gasteiger partial charge is 0.330 e. The molecule has 13 heavy (non-hydrogen) atoms. The Bertz CT molecular complexity index is 142. The van der Waals surface area contributed by atoms with Crippen LogP contribution in [-0.4, -0.2) is 48.5 Å². The van der Waals surface area contributed by atoms with E-state index in [2.05, 4.69) is 4.74 Å². The highest BCUT2D eigenvalue weighted by molar-refractivity contribution is 4.68. The summed E-state index contributed by atoms with van der Waals surface area (Å²) in [5.74, 6) is -4.21. The van der Waals surface area contributed by atoms with Gasteiger partial charge in [0, 0.05) is 0 Å². The molecule has 0 spiro atoms. The fourth-order valence-electron chi connectivity index (χ4n) is 0.447. The van der Waals surface area contributed by atoms with Gasteiger partial charge in [-0.3, -0.25) is 0 Å². The van der Waals surface area contributed by atoms with Gasteiger partial charge in [-0.1, -0.05) is 0 Å². The van der Waals surface area contributed by atoms with Crippen molar-refractivity contribution in [3.63, 3.8) is 0 Å². The minimum Gasteiger partial charge on any atom is -0.394 e. The first-order chi connectivity index (χ1) is 5.90. The first-order valence-corrected chi connectivity index (χ1v) is 3.42. The second kappa shape index (κ2) is 5.36. The van der Waals surface area contributed by atoms with E-state index in [0.717, 1.165) is 0 Å². The summed E-state index contributed by atoms with van der Waals surface area (Å²) in [5, 5.41) is 16.8. The zero-order valence-electron chi connectivity index (χ0n) is 6.59. The third-order valence-electron chi connectivity index (χ3n) is 1.13. The SMILES string of the molecule is OC[C@H](O)COCC(F)(F)C(F)F. The maximum Gasteiger partial charge on any atom is 0.330 e. The second-order valence-corrected chi connectivity index (χ2v) is 2.41. The highest BCUT2D eigenvalue weighted by Crippen LogP contribution is 2.22. The van der Waals surface area contributed by atoms with E-state index < -0.39 is 38.3 Å². The summed E-state index contributed by atoms with van der Waals surface area (Å²) < 4.78 is 51.2. The summed E-state index contributed by atoms with van der Waals surface area (Å²) >= 11 is 0. The molecule has 3 nitrogen and oxygen atoms in total. The van der Waals surface area contributed by atoms with Crippen molar-refractivity contribution in [3.05, 3.63) is 0 Å². The normalized spacial score (nSPS) is 15.0. The molecular formula is C6H10F4O3. The quantitative estimate of drug-likeness (QED) is 0.613. The highest BCUT2D eigenvalue weighted by Gasteiger charge is 2.40. The number of aliphatic hydroxyl groups excluding tert-OH is 2. The Hall–Kier alpha value is -0.400. The lowest BCUT2D eigenvalue weighted by Gasteiger charge is -2.16. The first-order valence-electron chi connectivity index (χ1n) is 3.42. The van der Waals surface area contributed by atoms with Crippen molar-refractivity contribution >= 4 is 0 Å². The molecular weight excluding hydrogens is 196 g/mol. The molecule has 0 rings (SSSR count). The lowest BCUT2D eigenvalue weighted by atomic mass is 10.3. The predicted octanol–water partition coefficient (Wildman–Crippen LogP) is 0.257. The Morgan fingerprint density at radius 3 is 2.23 bits per heavy atom. The van der Waals surface area contributed by atoms with Crippen molar-refractivity contribution < 1.29 is 32.5 Å². The average molecular weight is 206 g/mol. The number of alkyl halides is 4. The van der Waals surface area contributed by atoms with Gasteiger partial charge < -0.3 is 14.9 Å². The monoisotopic (exact) mass is 206 g/mol. The number of rotatable bonds is 6. The summed E-state index contributed by atoms with van der Waals surface area (Å²) in [7, 11) is 0. The Balaban J connectivity index is 3.63. The van der Waals surface area contributed by atoms with E-state index in [-0.39, 0.29) is 0 Å². The molecule has 0 aliphatic carbocycles. The Labute approximate surface area is 71.9 Å². The van der Waals surface area contributed by atoms with Crippen molar-refractivity contribution in [1.82, 2.24) is 0 Å². The van der Waals surface area contributed by atoms with Gasteiger partial charge in [-0.05, 0) is 0 Å². The minimum absolute atomic E-state index is 0.598. The molecule has 0 fully saturated rings.